The molecule has 2 aromatic rings. The molecule has 0 aliphatic rings. The quantitative estimate of drug-likeness (QED) is 0.556. The van der Waals surface area contributed by atoms with Gasteiger partial charge in [0.25, 0.3) is 0 Å². The molecular formula is C20H24OSi. The molecule has 0 saturated carbocycles. The van der Waals surface area contributed by atoms with Crippen LogP contribution in [0.2, 0.25) is 12.1 Å². The maximum Gasteiger partial charge on any atom is 0.173 e. The van der Waals surface area contributed by atoms with Gasteiger partial charge in [-0.2, -0.15) is 0 Å². The van der Waals surface area contributed by atoms with Gasteiger partial charge in [0, 0.05) is 5.56 Å². The Morgan fingerprint density at radius 2 is 1.59 bits per heavy atom. The lowest BCUT2D eigenvalue weighted by Crippen LogP contribution is -2.56. The SMILES string of the molecule is C/C=C\C(CC)[Si](C)(C(=O)c1ccccc1)c1ccccc1. The van der Waals surface area contributed by atoms with E-state index in [0.717, 1.165) is 12.0 Å². The molecule has 2 rings (SSSR count). The van der Waals surface area contributed by atoms with Crippen LogP contribution in [-0.2, 0) is 0 Å². The number of rotatable bonds is 6. The molecule has 2 aromatic carbocycles. The highest BCUT2D eigenvalue weighted by Gasteiger charge is 2.43. The highest BCUT2D eigenvalue weighted by Crippen LogP contribution is 2.30. The summed E-state index contributed by atoms with van der Waals surface area (Å²) in [5, 5.41) is 1.54. The van der Waals surface area contributed by atoms with Crippen LogP contribution in [0.25, 0.3) is 0 Å². The van der Waals surface area contributed by atoms with E-state index in [1.165, 1.54) is 5.19 Å². The Kier molecular flexibility index (Phi) is 5.50. The van der Waals surface area contributed by atoms with E-state index in [9.17, 15) is 4.79 Å². The molecule has 2 unspecified atom stereocenters. The molecule has 0 spiro atoms. The van der Waals surface area contributed by atoms with Crippen molar-refractivity contribution in [1.82, 2.24) is 0 Å². The average Bonchev–Trinajstić information content (AvgIpc) is 2.60. The molecule has 1 nitrogen and oxygen atoms in total. The second-order valence-electron chi connectivity index (χ2n) is 5.80. The maximum absolute atomic E-state index is 13.4. The molecule has 0 aliphatic carbocycles. The van der Waals surface area contributed by atoms with Crippen molar-refractivity contribution in [2.24, 2.45) is 0 Å². The van der Waals surface area contributed by atoms with Gasteiger partial charge in [-0.3, -0.25) is 4.79 Å². The molecular weight excluding hydrogens is 284 g/mol. The summed E-state index contributed by atoms with van der Waals surface area (Å²) in [7, 11) is -2.35. The van der Waals surface area contributed by atoms with Crippen molar-refractivity contribution in [2.75, 3.05) is 0 Å². The highest BCUT2D eigenvalue weighted by molar-refractivity contribution is 7.16. The van der Waals surface area contributed by atoms with Gasteiger partial charge in [0.05, 0.1) is 0 Å². The summed E-state index contributed by atoms with van der Waals surface area (Å²) in [6.45, 7) is 6.43. The zero-order valence-corrected chi connectivity index (χ0v) is 14.6. The Hall–Kier alpha value is -1.93. The van der Waals surface area contributed by atoms with Crippen molar-refractivity contribution in [3.63, 3.8) is 0 Å². The van der Waals surface area contributed by atoms with Gasteiger partial charge < -0.3 is 0 Å². The Labute approximate surface area is 134 Å². The molecule has 0 heterocycles. The van der Waals surface area contributed by atoms with Gasteiger partial charge in [0.1, 0.15) is 5.41 Å². The van der Waals surface area contributed by atoms with Crippen molar-refractivity contribution >= 4 is 18.7 Å². The summed E-state index contributed by atoms with van der Waals surface area (Å²) in [6, 6.07) is 20.1. The van der Waals surface area contributed by atoms with E-state index in [1.807, 2.05) is 55.5 Å². The molecule has 0 amide bonds. The lowest BCUT2D eigenvalue weighted by atomic mass is 10.2. The van der Waals surface area contributed by atoms with Gasteiger partial charge in [0.2, 0.25) is 0 Å². The van der Waals surface area contributed by atoms with Crippen LogP contribution in [0.5, 0.6) is 0 Å². The van der Waals surface area contributed by atoms with E-state index in [1.54, 1.807) is 0 Å². The van der Waals surface area contributed by atoms with Crippen LogP contribution in [0, 0.1) is 0 Å². The third kappa shape index (κ3) is 3.12. The number of allylic oxidation sites excluding steroid dienone is 2. The van der Waals surface area contributed by atoms with Gasteiger partial charge in [-0.1, -0.05) is 92.7 Å². The minimum absolute atomic E-state index is 0.313. The van der Waals surface area contributed by atoms with Gasteiger partial charge >= 0.3 is 0 Å². The Morgan fingerprint density at radius 1 is 1.05 bits per heavy atom. The minimum atomic E-state index is -2.35. The first-order valence-corrected chi connectivity index (χ1v) is 10.5. The third-order valence-electron chi connectivity index (χ3n) is 4.49. The Balaban J connectivity index is 2.57. The van der Waals surface area contributed by atoms with E-state index in [0.29, 0.717) is 10.9 Å². The molecule has 0 bridgehead atoms. The van der Waals surface area contributed by atoms with E-state index in [-0.39, 0.29) is 0 Å². The summed E-state index contributed by atoms with van der Waals surface area (Å²) >= 11 is 0. The summed E-state index contributed by atoms with van der Waals surface area (Å²) in [4.78, 5) is 13.4. The molecule has 0 N–H and O–H groups in total. The lowest BCUT2D eigenvalue weighted by Gasteiger charge is -2.32. The number of hydrogen-bond donors (Lipinski definition) is 0. The summed E-state index contributed by atoms with van der Waals surface area (Å²) in [5.74, 6) is 0. The molecule has 0 radical (unpaired) electrons. The van der Waals surface area contributed by atoms with Crippen LogP contribution in [0.3, 0.4) is 0 Å². The van der Waals surface area contributed by atoms with Crippen LogP contribution < -0.4 is 5.19 Å². The topological polar surface area (TPSA) is 17.1 Å². The van der Waals surface area contributed by atoms with Crippen molar-refractivity contribution in [2.45, 2.75) is 32.4 Å². The van der Waals surface area contributed by atoms with Crippen molar-refractivity contribution in [3.05, 3.63) is 78.4 Å². The molecule has 2 atom stereocenters. The zero-order chi connectivity index (χ0) is 16.0. The van der Waals surface area contributed by atoms with Crippen LogP contribution in [-0.4, -0.2) is 13.5 Å². The summed E-state index contributed by atoms with van der Waals surface area (Å²) in [5.41, 5.74) is 1.15. The molecule has 114 valence electrons. The van der Waals surface area contributed by atoms with Crippen LogP contribution in [0.1, 0.15) is 30.6 Å². The first-order chi connectivity index (χ1) is 10.6. The van der Waals surface area contributed by atoms with E-state index in [2.05, 4.69) is 37.8 Å². The minimum Gasteiger partial charge on any atom is -0.300 e. The van der Waals surface area contributed by atoms with Crippen LogP contribution in [0.4, 0.5) is 0 Å². The van der Waals surface area contributed by atoms with Gasteiger partial charge in [-0.25, -0.2) is 0 Å². The number of carbonyl (C=O) groups is 1. The van der Waals surface area contributed by atoms with Crippen LogP contribution in [0.15, 0.2) is 72.8 Å². The van der Waals surface area contributed by atoms with Gasteiger partial charge in [-0.15, -0.1) is 0 Å². The maximum atomic E-state index is 13.4. The predicted molar refractivity (Wildman–Crippen MR) is 97.3 cm³/mol. The van der Waals surface area contributed by atoms with Gasteiger partial charge in [-0.05, 0) is 17.7 Å². The first kappa shape index (κ1) is 16.4. The fourth-order valence-corrected chi connectivity index (χ4v) is 7.23. The van der Waals surface area contributed by atoms with Crippen molar-refractivity contribution in [3.8, 4) is 0 Å². The number of hydrogen-bond acceptors (Lipinski definition) is 1. The lowest BCUT2D eigenvalue weighted by molar-refractivity contribution is 0.106. The average molecular weight is 308 g/mol. The van der Waals surface area contributed by atoms with Crippen LogP contribution >= 0.6 is 0 Å². The first-order valence-electron chi connectivity index (χ1n) is 7.92. The smallest absolute Gasteiger partial charge is 0.173 e. The summed E-state index contributed by atoms with van der Waals surface area (Å²) in [6.07, 6.45) is 5.29. The third-order valence-corrected chi connectivity index (χ3v) is 9.34. The molecule has 22 heavy (non-hydrogen) atoms. The van der Waals surface area contributed by atoms with E-state index in [4.69, 9.17) is 0 Å². The zero-order valence-electron chi connectivity index (χ0n) is 13.6. The molecule has 0 saturated heterocycles. The Morgan fingerprint density at radius 3 is 2.09 bits per heavy atom. The standard InChI is InChI=1S/C20H24OSi/c1-4-12-18(5-2)22(3,19-15-10-7-11-16-19)20(21)17-13-8-6-9-14-17/h4,6-16,18H,5H2,1-3H3/b12-4-. The van der Waals surface area contributed by atoms with E-state index < -0.39 is 8.07 Å². The predicted octanol–water partition coefficient (Wildman–Crippen LogP) is 4.75. The monoisotopic (exact) mass is 308 g/mol. The Bertz CT molecular complexity index is 633. The second-order valence-corrected chi connectivity index (χ2v) is 9.98. The molecule has 0 aromatic heterocycles. The second kappa shape index (κ2) is 7.37. The largest absolute Gasteiger partial charge is 0.300 e. The van der Waals surface area contributed by atoms with E-state index >= 15 is 0 Å². The highest BCUT2D eigenvalue weighted by atomic mass is 28.3. The molecule has 0 aliphatic heterocycles. The normalized spacial score (nSPS) is 15.4. The molecule has 0 fully saturated rings. The number of benzene rings is 2. The molecule has 2 heteroatoms. The fraction of sp³-hybridized carbons (Fsp3) is 0.250. The van der Waals surface area contributed by atoms with Crippen molar-refractivity contribution in [1.29, 1.82) is 0 Å². The number of carbonyl (C=O) groups excluding carboxylic acids is 1. The van der Waals surface area contributed by atoms with Crippen molar-refractivity contribution < 1.29 is 4.79 Å². The van der Waals surface area contributed by atoms with Gasteiger partial charge in [0.15, 0.2) is 8.07 Å². The fourth-order valence-electron chi connectivity index (χ4n) is 3.16. The summed E-state index contributed by atoms with van der Waals surface area (Å²) < 4.78 is 0.